The molecule has 3 heteroatoms. The predicted octanol–water partition coefficient (Wildman–Crippen LogP) is 4.18. The molecule has 2 nitrogen and oxygen atoms in total. The van der Waals surface area contributed by atoms with Gasteiger partial charge in [0.05, 0.1) is 6.61 Å². The van der Waals surface area contributed by atoms with Crippen molar-refractivity contribution in [3.63, 3.8) is 0 Å². The Balaban J connectivity index is 2.54. The van der Waals surface area contributed by atoms with Gasteiger partial charge in [0.25, 0.3) is 0 Å². The molecule has 2 rings (SSSR count). The molecular formula is C15H22BrNO. The lowest BCUT2D eigenvalue weighted by Crippen LogP contribution is -2.21. The number of nitrogens with one attached hydrogen (secondary N) is 1. The highest BCUT2D eigenvalue weighted by molar-refractivity contribution is 9.10. The van der Waals surface area contributed by atoms with Crippen molar-refractivity contribution >= 4 is 15.9 Å². The molecule has 0 heterocycles. The second-order valence-corrected chi connectivity index (χ2v) is 6.32. The maximum absolute atomic E-state index is 5.82. The van der Waals surface area contributed by atoms with E-state index in [1.807, 2.05) is 6.92 Å². The first-order valence-corrected chi connectivity index (χ1v) is 7.49. The largest absolute Gasteiger partial charge is 0.494 e. The number of benzene rings is 1. The molecule has 1 aliphatic carbocycles. The Bertz CT molecular complexity index is 442. The van der Waals surface area contributed by atoms with Gasteiger partial charge >= 0.3 is 0 Å². The Morgan fingerprint density at radius 1 is 1.39 bits per heavy atom. The van der Waals surface area contributed by atoms with Crippen LogP contribution in [0, 0.1) is 0 Å². The molecule has 0 saturated carbocycles. The first-order chi connectivity index (χ1) is 8.51. The van der Waals surface area contributed by atoms with Crippen molar-refractivity contribution in [1.29, 1.82) is 0 Å². The predicted molar refractivity (Wildman–Crippen MR) is 79.4 cm³/mol. The zero-order valence-electron chi connectivity index (χ0n) is 11.6. The monoisotopic (exact) mass is 311 g/mol. The van der Waals surface area contributed by atoms with E-state index in [-0.39, 0.29) is 5.41 Å². The standard InChI is InChI=1S/C15H22BrNO/c1-5-17-11-9-15(3,4)14-12(18-6-2)8-7-10(16)13(11)14/h7-8,11,17H,5-6,9H2,1-4H3. The molecule has 0 aromatic heterocycles. The van der Waals surface area contributed by atoms with E-state index < -0.39 is 0 Å². The fourth-order valence-corrected chi connectivity index (χ4v) is 3.63. The lowest BCUT2D eigenvalue weighted by Gasteiger charge is -2.22. The molecular weight excluding hydrogens is 290 g/mol. The van der Waals surface area contributed by atoms with E-state index >= 15 is 0 Å². The lowest BCUT2D eigenvalue weighted by molar-refractivity contribution is 0.328. The van der Waals surface area contributed by atoms with E-state index in [1.54, 1.807) is 0 Å². The van der Waals surface area contributed by atoms with Crippen LogP contribution in [-0.4, -0.2) is 13.2 Å². The third-order valence-corrected chi connectivity index (χ3v) is 4.34. The van der Waals surface area contributed by atoms with Gasteiger partial charge in [-0.1, -0.05) is 36.7 Å². The van der Waals surface area contributed by atoms with Gasteiger partial charge in [0, 0.05) is 16.1 Å². The first kappa shape index (κ1) is 13.9. The summed E-state index contributed by atoms with van der Waals surface area (Å²) in [5, 5.41) is 3.58. The molecule has 1 N–H and O–H groups in total. The van der Waals surface area contributed by atoms with Crippen LogP contribution in [0.15, 0.2) is 16.6 Å². The van der Waals surface area contributed by atoms with E-state index in [0.29, 0.717) is 6.04 Å². The summed E-state index contributed by atoms with van der Waals surface area (Å²) in [6.45, 7) is 10.5. The minimum atomic E-state index is 0.163. The van der Waals surface area contributed by atoms with Crippen LogP contribution in [-0.2, 0) is 5.41 Å². The van der Waals surface area contributed by atoms with Crippen molar-refractivity contribution in [3.05, 3.63) is 27.7 Å². The zero-order chi connectivity index (χ0) is 13.3. The number of hydrogen-bond acceptors (Lipinski definition) is 2. The van der Waals surface area contributed by atoms with Crippen LogP contribution < -0.4 is 10.1 Å². The van der Waals surface area contributed by atoms with Crippen LogP contribution in [0.4, 0.5) is 0 Å². The van der Waals surface area contributed by atoms with Gasteiger partial charge in [-0.25, -0.2) is 0 Å². The number of rotatable bonds is 4. The van der Waals surface area contributed by atoms with Crippen LogP contribution in [0.2, 0.25) is 0 Å². The summed E-state index contributed by atoms with van der Waals surface area (Å²) in [5.41, 5.74) is 2.91. The van der Waals surface area contributed by atoms with Gasteiger partial charge in [-0.05, 0) is 43.0 Å². The maximum atomic E-state index is 5.82. The highest BCUT2D eigenvalue weighted by atomic mass is 79.9. The average molecular weight is 312 g/mol. The van der Waals surface area contributed by atoms with E-state index in [1.165, 1.54) is 15.6 Å². The van der Waals surface area contributed by atoms with E-state index in [2.05, 4.69) is 54.2 Å². The van der Waals surface area contributed by atoms with Crippen LogP contribution in [0.3, 0.4) is 0 Å². The Hall–Kier alpha value is -0.540. The molecule has 0 amide bonds. The first-order valence-electron chi connectivity index (χ1n) is 6.70. The average Bonchev–Trinajstić information content (AvgIpc) is 2.56. The second-order valence-electron chi connectivity index (χ2n) is 5.47. The maximum Gasteiger partial charge on any atom is 0.123 e. The molecule has 0 aliphatic heterocycles. The quantitative estimate of drug-likeness (QED) is 0.900. The van der Waals surface area contributed by atoms with Crippen molar-refractivity contribution in [2.45, 2.75) is 45.6 Å². The highest BCUT2D eigenvalue weighted by Crippen LogP contribution is 2.51. The molecule has 0 spiro atoms. The Labute approximate surface area is 118 Å². The lowest BCUT2D eigenvalue weighted by atomic mass is 9.86. The summed E-state index contributed by atoms with van der Waals surface area (Å²) in [6.07, 6.45) is 1.12. The normalized spacial score (nSPS) is 20.8. The molecule has 0 bridgehead atoms. The van der Waals surface area contributed by atoms with Gasteiger partial charge in [-0.2, -0.15) is 0 Å². The number of halogens is 1. The summed E-state index contributed by atoms with van der Waals surface area (Å²) >= 11 is 3.70. The van der Waals surface area contributed by atoms with Gasteiger partial charge in [-0.15, -0.1) is 0 Å². The fraction of sp³-hybridized carbons (Fsp3) is 0.600. The molecule has 1 unspecified atom stereocenters. The van der Waals surface area contributed by atoms with Gasteiger partial charge < -0.3 is 10.1 Å². The Morgan fingerprint density at radius 2 is 2.11 bits per heavy atom. The minimum Gasteiger partial charge on any atom is -0.494 e. The number of hydrogen-bond donors (Lipinski definition) is 1. The van der Waals surface area contributed by atoms with Crippen LogP contribution in [0.5, 0.6) is 5.75 Å². The van der Waals surface area contributed by atoms with Crippen molar-refractivity contribution in [2.75, 3.05) is 13.2 Å². The summed E-state index contributed by atoms with van der Waals surface area (Å²) in [6, 6.07) is 4.62. The van der Waals surface area contributed by atoms with Crippen LogP contribution >= 0.6 is 15.9 Å². The summed E-state index contributed by atoms with van der Waals surface area (Å²) < 4.78 is 7.01. The summed E-state index contributed by atoms with van der Waals surface area (Å²) in [4.78, 5) is 0. The number of fused-ring (bicyclic) bond motifs is 1. The molecule has 1 aromatic carbocycles. The highest BCUT2D eigenvalue weighted by Gasteiger charge is 2.40. The Kier molecular flexibility index (Phi) is 4.02. The number of ether oxygens (including phenoxy) is 1. The van der Waals surface area contributed by atoms with E-state index in [0.717, 1.165) is 25.3 Å². The molecule has 1 aliphatic rings. The summed E-state index contributed by atoms with van der Waals surface area (Å²) in [5.74, 6) is 1.04. The van der Waals surface area contributed by atoms with E-state index in [4.69, 9.17) is 4.74 Å². The van der Waals surface area contributed by atoms with Crippen LogP contribution in [0.1, 0.15) is 51.3 Å². The molecule has 0 saturated heterocycles. The Morgan fingerprint density at radius 3 is 2.72 bits per heavy atom. The molecule has 0 fully saturated rings. The molecule has 1 aromatic rings. The third-order valence-electron chi connectivity index (χ3n) is 3.64. The molecule has 1 atom stereocenters. The van der Waals surface area contributed by atoms with Crippen molar-refractivity contribution in [3.8, 4) is 5.75 Å². The third kappa shape index (κ3) is 2.30. The second kappa shape index (κ2) is 5.22. The van der Waals surface area contributed by atoms with Gasteiger partial charge in [0.2, 0.25) is 0 Å². The molecule has 100 valence electrons. The molecule has 18 heavy (non-hydrogen) atoms. The SMILES string of the molecule is CCNC1CC(C)(C)c2c(OCC)ccc(Br)c21. The molecule has 0 radical (unpaired) electrons. The van der Waals surface area contributed by atoms with Gasteiger partial charge in [-0.3, -0.25) is 0 Å². The topological polar surface area (TPSA) is 21.3 Å². The zero-order valence-corrected chi connectivity index (χ0v) is 13.2. The van der Waals surface area contributed by atoms with Crippen molar-refractivity contribution in [2.24, 2.45) is 0 Å². The summed E-state index contributed by atoms with van der Waals surface area (Å²) in [7, 11) is 0. The van der Waals surface area contributed by atoms with Crippen molar-refractivity contribution < 1.29 is 4.74 Å². The van der Waals surface area contributed by atoms with Crippen LogP contribution in [0.25, 0.3) is 0 Å². The van der Waals surface area contributed by atoms with E-state index in [9.17, 15) is 0 Å². The van der Waals surface area contributed by atoms with Gasteiger partial charge in [0.15, 0.2) is 0 Å². The van der Waals surface area contributed by atoms with Gasteiger partial charge in [0.1, 0.15) is 5.75 Å². The minimum absolute atomic E-state index is 0.163. The van der Waals surface area contributed by atoms with Crippen molar-refractivity contribution in [1.82, 2.24) is 5.32 Å². The smallest absolute Gasteiger partial charge is 0.123 e. The fourth-order valence-electron chi connectivity index (χ4n) is 3.02.